The van der Waals surface area contributed by atoms with Gasteiger partial charge in [-0.1, -0.05) is 11.8 Å². The zero-order valence-corrected chi connectivity index (χ0v) is 17.8. The average Bonchev–Trinajstić information content (AvgIpc) is 2.75. The van der Waals surface area contributed by atoms with E-state index in [1.54, 1.807) is 43.5 Å². The first-order chi connectivity index (χ1) is 15.7. The maximum Gasteiger partial charge on any atom is 0.416 e. The molecule has 170 valence electrons. The van der Waals surface area contributed by atoms with Gasteiger partial charge in [-0.2, -0.15) is 13.2 Å². The molecule has 0 saturated carbocycles. The summed E-state index contributed by atoms with van der Waals surface area (Å²) < 4.78 is 52.2. The molecule has 3 aromatic rings. The monoisotopic (exact) mass is 476 g/mol. The topological polar surface area (TPSA) is 83.4 Å². The normalized spacial score (nSPS) is 11.4. The predicted molar refractivity (Wildman–Crippen MR) is 118 cm³/mol. The van der Waals surface area contributed by atoms with Crippen molar-refractivity contribution in [1.29, 1.82) is 0 Å². The van der Waals surface area contributed by atoms with E-state index >= 15 is 0 Å². The Labute approximate surface area is 190 Å². The Morgan fingerprint density at radius 3 is 2.48 bits per heavy atom. The van der Waals surface area contributed by atoms with Crippen LogP contribution in [0.25, 0.3) is 0 Å². The predicted octanol–water partition coefficient (Wildman–Crippen LogP) is 6.24. The number of amides is 2. The molecular weight excluding hydrogens is 460 g/mol. The maximum absolute atomic E-state index is 13.8. The molecule has 6 nitrogen and oxygen atoms in total. The van der Waals surface area contributed by atoms with Crippen LogP contribution in [0.3, 0.4) is 0 Å². The molecule has 2 N–H and O–H groups in total. The summed E-state index contributed by atoms with van der Waals surface area (Å²) in [6, 6.07) is 9.16. The average molecular weight is 476 g/mol. The lowest BCUT2D eigenvalue weighted by atomic mass is 10.2. The molecule has 0 aliphatic heterocycles. The van der Waals surface area contributed by atoms with Gasteiger partial charge < -0.3 is 10.6 Å². The molecule has 0 saturated heterocycles. The second kappa shape index (κ2) is 10.3. The highest BCUT2D eigenvalue weighted by molar-refractivity contribution is 7.99. The first-order valence-corrected chi connectivity index (χ1v) is 10.1. The van der Waals surface area contributed by atoms with Crippen molar-refractivity contribution < 1.29 is 27.2 Å². The number of nitrogens with one attached hydrogen (secondary N) is 2. The summed E-state index contributed by atoms with van der Waals surface area (Å²) in [6.45, 7) is 1.76. The molecule has 33 heavy (non-hydrogen) atoms. The zero-order chi connectivity index (χ0) is 24.0. The molecule has 2 aromatic carbocycles. The molecule has 0 atom stereocenters. The number of carbonyl (C=O) groups is 2. The number of aliphatic imine (C=N–C) groups is 1. The van der Waals surface area contributed by atoms with Gasteiger partial charge in [0.15, 0.2) is 6.29 Å². The smallest absolute Gasteiger partial charge is 0.308 e. The van der Waals surface area contributed by atoms with E-state index in [2.05, 4.69) is 20.6 Å². The van der Waals surface area contributed by atoms with E-state index in [4.69, 9.17) is 0 Å². The number of aryl methyl sites for hydroxylation is 1. The minimum absolute atomic E-state index is 0.342. The van der Waals surface area contributed by atoms with E-state index in [1.807, 2.05) is 0 Å². The summed E-state index contributed by atoms with van der Waals surface area (Å²) in [4.78, 5) is 32.5. The van der Waals surface area contributed by atoms with E-state index in [9.17, 15) is 27.2 Å². The van der Waals surface area contributed by atoms with Crippen LogP contribution in [0.4, 0.5) is 39.4 Å². The summed E-state index contributed by atoms with van der Waals surface area (Å²) in [6.07, 6.45) is -1.35. The Kier molecular flexibility index (Phi) is 7.44. The highest BCUT2D eigenvalue weighted by atomic mass is 32.2. The number of rotatable bonds is 6. The number of aldehydes is 1. The number of hydrogen-bond acceptors (Lipinski definition) is 5. The standard InChI is InChI=1S/C22H16F4N4O2S/c1-13-20(28-10-11-31)19(8-9-27-13)33-16-5-3-15(4-6-16)29-21(32)30-18-12-14(22(24,25)26)2-7-17(18)23/h2-12H,1H3,(H2,29,30,32). The quantitative estimate of drug-likeness (QED) is 0.250. The fourth-order valence-electron chi connectivity index (χ4n) is 2.69. The molecule has 0 fully saturated rings. The summed E-state index contributed by atoms with van der Waals surface area (Å²) >= 11 is 1.36. The molecule has 1 heterocycles. The first kappa shape index (κ1) is 23.9. The zero-order valence-electron chi connectivity index (χ0n) is 17.0. The Bertz CT molecular complexity index is 1200. The number of hydrogen-bond donors (Lipinski definition) is 2. The number of aromatic nitrogens is 1. The van der Waals surface area contributed by atoms with Crippen LogP contribution in [0.5, 0.6) is 0 Å². The molecule has 0 aliphatic carbocycles. The maximum atomic E-state index is 13.8. The third kappa shape index (κ3) is 6.39. The van der Waals surface area contributed by atoms with Gasteiger partial charge >= 0.3 is 12.2 Å². The van der Waals surface area contributed by atoms with Gasteiger partial charge in [-0.25, -0.2) is 9.18 Å². The molecule has 0 spiro atoms. The number of pyridine rings is 1. The van der Waals surface area contributed by atoms with Crippen molar-refractivity contribution in [1.82, 2.24) is 4.98 Å². The third-order valence-electron chi connectivity index (χ3n) is 4.22. The molecule has 0 unspecified atom stereocenters. The van der Waals surface area contributed by atoms with Crippen LogP contribution >= 0.6 is 11.8 Å². The van der Waals surface area contributed by atoms with Crippen LogP contribution in [0.2, 0.25) is 0 Å². The molecule has 3 rings (SSSR count). The highest BCUT2D eigenvalue weighted by Crippen LogP contribution is 2.36. The van der Waals surface area contributed by atoms with Gasteiger partial charge in [0.1, 0.15) is 5.82 Å². The third-order valence-corrected chi connectivity index (χ3v) is 5.27. The number of anilines is 2. The lowest BCUT2D eigenvalue weighted by Gasteiger charge is -2.12. The van der Waals surface area contributed by atoms with E-state index in [1.165, 1.54) is 11.8 Å². The van der Waals surface area contributed by atoms with Crippen molar-refractivity contribution in [3.63, 3.8) is 0 Å². The largest absolute Gasteiger partial charge is 0.416 e. The Morgan fingerprint density at radius 2 is 1.82 bits per heavy atom. The lowest BCUT2D eigenvalue weighted by molar-refractivity contribution is -0.137. The number of nitrogens with zero attached hydrogens (tertiary/aromatic N) is 2. The fourth-order valence-corrected chi connectivity index (χ4v) is 3.65. The molecule has 0 aliphatic rings. The van der Waals surface area contributed by atoms with Gasteiger partial charge in [0.05, 0.1) is 28.8 Å². The minimum atomic E-state index is -4.67. The number of halogens is 4. The summed E-state index contributed by atoms with van der Waals surface area (Å²) in [5, 5.41) is 4.51. The summed E-state index contributed by atoms with van der Waals surface area (Å²) in [5.74, 6) is -0.995. The van der Waals surface area contributed by atoms with E-state index < -0.39 is 29.3 Å². The molecule has 11 heteroatoms. The fraction of sp³-hybridized carbons (Fsp3) is 0.0909. The number of urea groups is 1. The van der Waals surface area contributed by atoms with Gasteiger partial charge in [-0.05, 0) is 55.5 Å². The Hall–Kier alpha value is -3.73. The lowest BCUT2D eigenvalue weighted by Crippen LogP contribution is -2.20. The molecule has 0 radical (unpaired) electrons. The molecule has 2 amide bonds. The second-order valence-electron chi connectivity index (χ2n) is 6.56. The van der Waals surface area contributed by atoms with Crippen molar-refractivity contribution in [2.24, 2.45) is 4.99 Å². The van der Waals surface area contributed by atoms with Crippen molar-refractivity contribution in [3.05, 3.63) is 71.8 Å². The molecule has 0 bridgehead atoms. The van der Waals surface area contributed by atoms with Gasteiger partial charge in [0.2, 0.25) is 0 Å². The minimum Gasteiger partial charge on any atom is -0.308 e. The summed E-state index contributed by atoms with van der Waals surface area (Å²) in [7, 11) is 0. The van der Waals surface area contributed by atoms with Crippen LogP contribution in [0, 0.1) is 12.7 Å². The van der Waals surface area contributed by atoms with E-state index in [0.717, 1.165) is 16.0 Å². The SMILES string of the molecule is Cc1nccc(Sc2ccc(NC(=O)Nc3cc(C(F)(F)F)ccc3F)cc2)c1N=CC=O. The highest BCUT2D eigenvalue weighted by Gasteiger charge is 2.31. The Balaban J connectivity index is 1.69. The van der Waals surface area contributed by atoms with Gasteiger partial charge in [0.25, 0.3) is 0 Å². The summed E-state index contributed by atoms with van der Waals surface area (Å²) in [5.41, 5.74) is -0.127. The number of alkyl halides is 3. The van der Waals surface area contributed by atoms with Crippen LogP contribution < -0.4 is 10.6 Å². The first-order valence-electron chi connectivity index (χ1n) is 9.33. The molecule has 1 aromatic heterocycles. The molecular formula is C22H16F4N4O2S. The van der Waals surface area contributed by atoms with Crippen LogP contribution in [0.15, 0.2) is 69.5 Å². The van der Waals surface area contributed by atoms with Crippen molar-refractivity contribution >= 4 is 47.4 Å². The second-order valence-corrected chi connectivity index (χ2v) is 7.67. The van der Waals surface area contributed by atoms with Gasteiger partial charge in [-0.3, -0.25) is 14.8 Å². The Morgan fingerprint density at radius 1 is 1.09 bits per heavy atom. The van der Waals surface area contributed by atoms with Gasteiger partial charge in [-0.15, -0.1) is 0 Å². The van der Waals surface area contributed by atoms with Crippen LogP contribution in [-0.4, -0.2) is 23.5 Å². The number of benzene rings is 2. The van der Waals surface area contributed by atoms with E-state index in [-0.39, 0.29) is 0 Å². The van der Waals surface area contributed by atoms with E-state index in [0.29, 0.717) is 41.6 Å². The van der Waals surface area contributed by atoms with Crippen molar-refractivity contribution in [2.75, 3.05) is 10.6 Å². The van der Waals surface area contributed by atoms with Crippen LogP contribution in [0.1, 0.15) is 11.3 Å². The number of carbonyl (C=O) groups excluding carboxylic acids is 2. The van der Waals surface area contributed by atoms with Crippen molar-refractivity contribution in [2.45, 2.75) is 22.9 Å². The van der Waals surface area contributed by atoms with Crippen LogP contribution in [-0.2, 0) is 11.0 Å². The van der Waals surface area contributed by atoms with Gasteiger partial charge in [0, 0.05) is 21.7 Å². The van der Waals surface area contributed by atoms with Crippen molar-refractivity contribution in [3.8, 4) is 0 Å².